The first-order valence-electron chi connectivity index (χ1n) is 9.27. The van der Waals surface area contributed by atoms with E-state index in [0.29, 0.717) is 23.2 Å². The van der Waals surface area contributed by atoms with Crippen molar-refractivity contribution in [2.75, 3.05) is 58.7 Å². The maximum Gasteiger partial charge on any atom is 0.273 e. The molecule has 0 unspecified atom stereocenters. The third kappa shape index (κ3) is 6.66. The normalized spacial score (nSPS) is 15.7. The van der Waals surface area contributed by atoms with Crippen LogP contribution in [0.25, 0.3) is 0 Å². The van der Waals surface area contributed by atoms with Crippen molar-refractivity contribution in [3.05, 3.63) is 11.1 Å². The van der Waals surface area contributed by atoms with E-state index in [1.165, 1.54) is 11.3 Å². The number of nitrogens with one attached hydrogen (secondary N) is 1. The highest BCUT2D eigenvalue weighted by Gasteiger charge is 2.24. The van der Waals surface area contributed by atoms with Gasteiger partial charge in [0, 0.05) is 38.0 Å². The SMILES string of the molecule is CC(C)CC(=O)Nc1nc(C(=O)N2CCN(CCCN(C)C)CC2)cs1. The lowest BCUT2D eigenvalue weighted by molar-refractivity contribution is -0.116. The summed E-state index contributed by atoms with van der Waals surface area (Å²) in [6, 6.07) is 0. The van der Waals surface area contributed by atoms with Crippen molar-refractivity contribution in [3.8, 4) is 0 Å². The van der Waals surface area contributed by atoms with Gasteiger partial charge in [-0.1, -0.05) is 13.8 Å². The molecule has 146 valence electrons. The van der Waals surface area contributed by atoms with Crippen molar-refractivity contribution in [3.63, 3.8) is 0 Å². The molecule has 2 heterocycles. The van der Waals surface area contributed by atoms with Crippen LogP contribution < -0.4 is 5.32 Å². The molecular formula is C18H31N5O2S. The second kappa shape index (κ2) is 9.99. The van der Waals surface area contributed by atoms with E-state index >= 15 is 0 Å². The second-order valence-electron chi connectivity index (χ2n) is 7.47. The van der Waals surface area contributed by atoms with Crippen LogP contribution in [0.3, 0.4) is 0 Å². The monoisotopic (exact) mass is 381 g/mol. The molecule has 1 saturated heterocycles. The first kappa shape index (κ1) is 20.8. The molecule has 0 bridgehead atoms. The Morgan fingerprint density at radius 2 is 1.96 bits per heavy atom. The molecule has 26 heavy (non-hydrogen) atoms. The highest BCUT2D eigenvalue weighted by molar-refractivity contribution is 7.14. The van der Waals surface area contributed by atoms with Crippen LogP contribution in [0.2, 0.25) is 0 Å². The van der Waals surface area contributed by atoms with Crippen molar-refractivity contribution < 1.29 is 9.59 Å². The predicted molar refractivity (Wildman–Crippen MR) is 106 cm³/mol. The van der Waals surface area contributed by atoms with Crippen molar-refractivity contribution in [1.82, 2.24) is 19.7 Å². The molecule has 1 fully saturated rings. The topological polar surface area (TPSA) is 68.8 Å². The Labute approximate surface area is 160 Å². The van der Waals surface area contributed by atoms with Gasteiger partial charge in [-0.3, -0.25) is 14.5 Å². The number of hydrogen-bond acceptors (Lipinski definition) is 6. The summed E-state index contributed by atoms with van der Waals surface area (Å²) in [6.45, 7) is 9.42. The summed E-state index contributed by atoms with van der Waals surface area (Å²) in [5.41, 5.74) is 0.427. The Hall–Kier alpha value is -1.51. The Morgan fingerprint density at radius 3 is 2.58 bits per heavy atom. The largest absolute Gasteiger partial charge is 0.335 e. The standard InChI is InChI=1S/C18H31N5O2S/c1-14(2)12-16(24)20-18-19-15(13-26-18)17(25)23-10-8-22(9-11-23)7-5-6-21(3)4/h13-14H,5-12H2,1-4H3,(H,19,20,24). The van der Waals surface area contributed by atoms with Crippen molar-refractivity contribution in [1.29, 1.82) is 0 Å². The van der Waals surface area contributed by atoms with Gasteiger partial charge in [0.15, 0.2) is 5.13 Å². The van der Waals surface area contributed by atoms with Gasteiger partial charge >= 0.3 is 0 Å². The third-order valence-electron chi connectivity index (χ3n) is 4.30. The molecule has 7 nitrogen and oxygen atoms in total. The number of nitrogens with zero attached hydrogens (tertiary/aromatic N) is 4. The number of thiazole rings is 1. The van der Waals surface area contributed by atoms with Crippen molar-refractivity contribution >= 4 is 28.3 Å². The third-order valence-corrected chi connectivity index (χ3v) is 5.06. The van der Waals surface area contributed by atoms with Crippen LogP contribution >= 0.6 is 11.3 Å². The molecule has 1 aromatic heterocycles. The van der Waals surface area contributed by atoms with E-state index in [9.17, 15) is 9.59 Å². The fraction of sp³-hybridized carbons (Fsp3) is 0.722. The number of anilines is 1. The van der Waals surface area contributed by atoms with Gasteiger partial charge in [0.1, 0.15) is 5.69 Å². The molecule has 0 aliphatic carbocycles. The van der Waals surface area contributed by atoms with Gasteiger partial charge < -0.3 is 15.1 Å². The van der Waals surface area contributed by atoms with Crippen LogP contribution in [-0.2, 0) is 4.79 Å². The molecule has 2 rings (SSSR count). The van der Waals surface area contributed by atoms with Crippen LogP contribution in [0.1, 0.15) is 37.2 Å². The number of rotatable bonds is 8. The fourth-order valence-corrected chi connectivity index (χ4v) is 3.62. The molecule has 8 heteroatoms. The highest BCUT2D eigenvalue weighted by atomic mass is 32.1. The molecule has 0 atom stereocenters. The molecule has 1 aliphatic heterocycles. The molecular weight excluding hydrogens is 350 g/mol. The zero-order valence-electron chi connectivity index (χ0n) is 16.3. The lowest BCUT2D eigenvalue weighted by atomic mass is 10.1. The van der Waals surface area contributed by atoms with Crippen LogP contribution in [0.15, 0.2) is 5.38 Å². The van der Waals surface area contributed by atoms with E-state index in [4.69, 9.17) is 0 Å². The van der Waals surface area contributed by atoms with Gasteiger partial charge in [-0.2, -0.15) is 0 Å². The maximum atomic E-state index is 12.6. The maximum absolute atomic E-state index is 12.6. The summed E-state index contributed by atoms with van der Waals surface area (Å²) in [5, 5.41) is 5.01. The van der Waals surface area contributed by atoms with Gasteiger partial charge in [0.25, 0.3) is 5.91 Å². The quantitative estimate of drug-likeness (QED) is 0.744. The van der Waals surface area contributed by atoms with E-state index in [1.54, 1.807) is 5.38 Å². The molecule has 0 aromatic carbocycles. The minimum Gasteiger partial charge on any atom is -0.335 e. The van der Waals surface area contributed by atoms with Gasteiger partial charge in [-0.25, -0.2) is 4.98 Å². The summed E-state index contributed by atoms with van der Waals surface area (Å²) in [4.78, 5) is 35.2. The zero-order chi connectivity index (χ0) is 19.1. The molecule has 2 amide bonds. The Morgan fingerprint density at radius 1 is 1.27 bits per heavy atom. The number of carbonyl (C=O) groups excluding carboxylic acids is 2. The Balaban J connectivity index is 1.79. The van der Waals surface area contributed by atoms with Gasteiger partial charge in [0.05, 0.1) is 0 Å². The summed E-state index contributed by atoms with van der Waals surface area (Å²) in [7, 11) is 4.17. The van der Waals surface area contributed by atoms with Gasteiger partial charge in [-0.15, -0.1) is 11.3 Å². The summed E-state index contributed by atoms with van der Waals surface area (Å²) < 4.78 is 0. The lowest BCUT2D eigenvalue weighted by Crippen LogP contribution is -2.49. The van der Waals surface area contributed by atoms with Crippen LogP contribution in [-0.4, -0.2) is 84.9 Å². The molecule has 0 saturated carbocycles. The van der Waals surface area contributed by atoms with Crippen molar-refractivity contribution in [2.45, 2.75) is 26.7 Å². The first-order chi connectivity index (χ1) is 12.3. The molecule has 0 spiro atoms. The minimum atomic E-state index is -0.0558. The van der Waals surface area contributed by atoms with Crippen LogP contribution in [0.4, 0.5) is 5.13 Å². The first-order valence-corrected chi connectivity index (χ1v) is 10.1. The van der Waals surface area contributed by atoms with E-state index in [0.717, 1.165) is 45.7 Å². The average molecular weight is 382 g/mol. The number of aromatic nitrogens is 1. The Bertz CT molecular complexity index is 594. The highest BCUT2D eigenvalue weighted by Crippen LogP contribution is 2.18. The molecule has 1 aliphatic rings. The summed E-state index contributed by atoms with van der Waals surface area (Å²) >= 11 is 1.31. The number of piperazine rings is 1. The Kier molecular flexibility index (Phi) is 7.99. The fourth-order valence-electron chi connectivity index (χ4n) is 2.92. The zero-order valence-corrected chi connectivity index (χ0v) is 17.1. The molecule has 1 N–H and O–H groups in total. The molecule has 0 radical (unpaired) electrons. The van der Waals surface area contributed by atoms with Crippen LogP contribution in [0.5, 0.6) is 0 Å². The smallest absolute Gasteiger partial charge is 0.273 e. The second-order valence-corrected chi connectivity index (χ2v) is 8.33. The number of amides is 2. The van der Waals surface area contributed by atoms with Gasteiger partial charge in [-0.05, 0) is 39.5 Å². The minimum absolute atomic E-state index is 0.0430. The van der Waals surface area contributed by atoms with E-state index in [2.05, 4.69) is 34.2 Å². The van der Waals surface area contributed by atoms with E-state index in [1.807, 2.05) is 18.7 Å². The van der Waals surface area contributed by atoms with E-state index < -0.39 is 0 Å². The van der Waals surface area contributed by atoms with Gasteiger partial charge in [0.2, 0.25) is 5.91 Å². The summed E-state index contributed by atoms with van der Waals surface area (Å²) in [6.07, 6.45) is 1.60. The predicted octanol–water partition coefficient (Wildman–Crippen LogP) is 1.84. The van der Waals surface area contributed by atoms with E-state index in [-0.39, 0.29) is 11.8 Å². The van der Waals surface area contributed by atoms with Crippen molar-refractivity contribution in [2.24, 2.45) is 5.92 Å². The summed E-state index contributed by atoms with van der Waals surface area (Å²) in [5.74, 6) is 0.198. The number of hydrogen-bond donors (Lipinski definition) is 1. The lowest BCUT2D eigenvalue weighted by Gasteiger charge is -2.34. The number of carbonyl (C=O) groups is 2. The molecule has 1 aromatic rings. The van der Waals surface area contributed by atoms with Crippen LogP contribution in [0, 0.1) is 5.92 Å². The average Bonchev–Trinajstić information content (AvgIpc) is 3.02.